The molecule has 0 fully saturated rings. The van der Waals surface area contributed by atoms with Crippen molar-refractivity contribution in [2.45, 2.75) is 6.42 Å². The molecule has 0 spiro atoms. The van der Waals surface area contributed by atoms with Crippen molar-refractivity contribution in [1.29, 1.82) is 0 Å². The quantitative estimate of drug-likeness (QED) is 0.608. The number of hydrogen-bond donors (Lipinski definition) is 1. The molecule has 2 rings (SSSR count). The van der Waals surface area contributed by atoms with Gasteiger partial charge in [0.15, 0.2) is 0 Å². The number of benzene rings is 1. The van der Waals surface area contributed by atoms with Gasteiger partial charge in [-0.25, -0.2) is 0 Å². The zero-order chi connectivity index (χ0) is 8.39. The summed E-state index contributed by atoms with van der Waals surface area (Å²) in [6.07, 6.45) is 4.99. The molecule has 1 aliphatic heterocycles. The van der Waals surface area contributed by atoms with E-state index in [1.54, 1.807) is 0 Å². The smallest absolute Gasteiger partial charge is 0.103 e. The van der Waals surface area contributed by atoms with Crippen molar-refractivity contribution >= 4 is 22.9 Å². The van der Waals surface area contributed by atoms with Crippen molar-refractivity contribution < 1.29 is 0 Å². The topological polar surface area (TPSA) is 12.0 Å². The Labute approximate surface area is 77.1 Å². The van der Waals surface area contributed by atoms with Gasteiger partial charge >= 0.3 is 0 Å². The molecule has 0 aromatic heterocycles. The maximum Gasteiger partial charge on any atom is 0.103 e. The lowest BCUT2D eigenvalue weighted by molar-refractivity contribution is 1.29. The SMILES string of the molecule is S=C1C=CCc2ccccc2N1. The summed E-state index contributed by atoms with van der Waals surface area (Å²) in [6, 6.07) is 8.22. The first-order valence-electron chi connectivity index (χ1n) is 3.92. The van der Waals surface area contributed by atoms with Crippen molar-refractivity contribution in [3.05, 3.63) is 42.0 Å². The first-order chi connectivity index (χ1) is 5.86. The highest BCUT2D eigenvalue weighted by atomic mass is 32.1. The van der Waals surface area contributed by atoms with Gasteiger partial charge in [-0.3, -0.25) is 0 Å². The third-order valence-corrected chi connectivity index (χ3v) is 2.12. The zero-order valence-corrected chi connectivity index (χ0v) is 7.40. The van der Waals surface area contributed by atoms with Crippen LogP contribution in [0.1, 0.15) is 5.56 Å². The molecule has 1 heterocycles. The summed E-state index contributed by atoms with van der Waals surface area (Å²) in [5.74, 6) is 0. The number of fused-ring (bicyclic) bond motifs is 1. The van der Waals surface area contributed by atoms with E-state index in [1.807, 2.05) is 18.2 Å². The summed E-state index contributed by atoms with van der Waals surface area (Å²) < 4.78 is 0. The number of rotatable bonds is 0. The minimum atomic E-state index is 0.792. The van der Waals surface area contributed by atoms with Crippen LogP contribution in [0.5, 0.6) is 0 Å². The van der Waals surface area contributed by atoms with Gasteiger partial charge in [-0.1, -0.05) is 36.5 Å². The van der Waals surface area contributed by atoms with Crippen molar-refractivity contribution in [2.24, 2.45) is 0 Å². The maximum absolute atomic E-state index is 5.07. The van der Waals surface area contributed by atoms with Crippen LogP contribution in [-0.2, 0) is 6.42 Å². The lowest BCUT2D eigenvalue weighted by Crippen LogP contribution is -2.04. The van der Waals surface area contributed by atoms with E-state index in [0.717, 1.165) is 17.1 Å². The Hall–Kier alpha value is -1.15. The normalized spacial score (nSPS) is 14.8. The van der Waals surface area contributed by atoms with Crippen LogP contribution in [0, 0.1) is 0 Å². The number of thiocarbonyl (C=S) groups is 1. The van der Waals surface area contributed by atoms with Gasteiger partial charge in [0.1, 0.15) is 4.99 Å². The summed E-state index contributed by atoms with van der Waals surface area (Å²) in [6.45, 7) is 0. The maximum atomic E-state index is 5.07. The van der Waals surface area contributed by atoms with Crippen molar-refractivity contribution in [1.82, 2.24) is 0 Å². The van der Waals surface area contributed by atoms with E-state index < -0.39 is 0 Å². The number of hydrogen-bond acceptors (Lipinski definition) is 1. The third-order valence-electron chi connectivity index (χ3n) is 1.88. The van der Waals surface area contributed by atoms with Crippen molar-refractivity contribution in [3.8, 4) is 0 Å². The van der Waals surface area contributed by atoms with Gasteiger partial charge in [0.2, 0.25) is 0 Å². The Morgan fingerprint density at radius 2 is 2.08 bits per heavy atom. The van der Waals surface area contributed by atoms with E-state index in [-0.39, 0.29) is 0 Å². The lowest BCUT2D eigenvalue weighted by atomic mass is 10.1. The molecular weight excluding hydrogens is 166 g/mol. The van der Waals surface area contributed by atoms with E-state index in [4.69, 9.17) is 12.2 Å². The summed E-state index contributed by atoms with van der Waals surface area (Å²) in [4.78, 5) is 0.792. The standard InChI is InChI=1S/C10H9NS/c12-10-7-3-5-8-4-1-2-6-9(8)11-10/h1-4,6-7H,5H2,(H,11,12). The molecule has 0 saturated heterocycles. The fourth-order valence-electron chi connectivity index (χ4n) is 1.29. The van der Waals surface area contributed by atoms with Gasteiger partial charge in [0, 0.05) is 5.69 Å². The highest BCUT2D eigenvalue weighted by Crippen LogP contribution is 2.18. The fraction of sp³-hybridized carbons (Fsp3) is 0.100. The van der Waals surface area contributed by atoms with Gasteiger partial charge in [-0.05, 0) is 24.1 Å². The molecule has 1 nitrogen and oxygen atoms in total. The predicted octanol–water partition coefficient (Wildman–Crippen LogP) is 2.54. The van der Waals surface area contributed by atoms with Crippen LogP contribution >= 0.6 is 12.2 Å². The van der Waals surface area contributed by atoms with Gasteiger partial charge in [-0.15, -0.1) is 0 Å². The van der Waals surface area contributed by atoms with Gasteiger partial charge in [0.25, 0.3) is 0 Å². The van der Waals surface area contributed by atoms with Crippen LogP contribution in [0.25, 0.3) is 0 Å². The molecule has 0 amide bonds. The van der Waals surface area contributed by atoms with Crippen molar-refractivity contribution in [2.75, 3.05) is 5.32 Å². The second kappa shape index (κ2) is 3.07. The molecule has 0 atom stereocenters. The van der Waals surface area contributed by atoms with E-state index >= 15 is 0 Å². The van der Waals surface area contributed by atoms with Crippen LogP contribution < -0.4 is 5.32 Å². The molecule has 1 aromatic rings. The molecular formula is C10H9NS. The molecule has 1 aromatic carbocycles. The molecule has 12 heavy (non-hydrogen) atoms. The summed E-state index contributed by atoms with van der Waals surface area (Å²) in [5, 5.41) is 3.17. The Morgan fingerprint density at radius 3 is 3.00 bits per heavy atom. The molecule has 0 bridgehead atoms. The Kier molecular flexibility index (Phi) is 1.92. The second-order valence-corrected chi connectivity index (χ2v) is 3.19. The monoisotopic (exact) mass is 175 g/mol. The van der Waals surface area contributed by atoms with Crippen LogP contribution in [0.15, 0.2) is 36.4 Å². The molecule has 1 N–H and O–H groups in total. The number of anilines is 1. The summed E-state index contributed by atoms with van der Waals surface area (Å²) >= 11 is 5.07. The number of para-hydroxylation sites is 1. The predicted molar refractivity (Wildman–Crippen MR) is 55.5 cm³/mol. The summed E-state index contributed by atoms with van der Waals surface area (Å²) in [7, 11) is 0. The van der Waals surface area contributed by atoms with Crippen LogP contribution in [-0.4, -0.2) is 4.99 Å². The van der Waals surface area contributed by atoms with Crippen molar-refractivity contribution in [3.63, 3.8) is 0 Å². The van der Waals surface area contributed by atoms with Crippen LogP contribution in [0.3, 0.4) is 0 Å². The Balaban J connectivity index is 2.44. The summed E-state index contributed by atoms with van der Waals surface area (Å²) in [5.41, 5.74) is 2.43. The van der Waals surface area contributed by atoms with E-state index in [2.05, 4.69) is 23.5 Å². The molecule has 2 heteroatoms. The average Bonchev–Trinajstić information content (AvgIpc) is 2.25. The Morgan fingerprint density at radius 1 is 1.25 bits per heavy atom. The molecule has 0 radical (unpaired) electrons. The van der Waals surface area contributed by atoms with E-state index in [9.17, 15) is 0 Å². The van der Waals surface area contributed by atoms with E-state index in [1.165, 1.54) is 5.56 Å². The first-order valence-corrected chi connectivity index (χ1v) is 4.32. The average molecular weight is 175 g/mol. The Bertz CT molecular complexity index is 341. The fourth-order valence-corrected chi connectivity index (χ4v) is 1.49. The minimum Gasteiger partial charge on any atom is -0.346 e. The minimum absolute atomic E-state index is 0.792. The first kappa shape index (κ1) is 7.50. The molecule has 1 aliphatic rings. The largest absolute Gasteiger partial charge is 0.346 e. The van der Waals surface area contributed by atoms with Gasteiger partial charge < -0.3 is 5.32 Å². The van der Waals surface area contributed by atoms with Gasteiger partial charge in [0.05, 0.1) is 0 Å². The number of allylic oxidation sites excluding steroid dienone is 1. The lowest BCUT2D eigenvalue weighted by Gasteiger charge is -2.05. The molecule has 60 valence electrons. The molecule has 0 aliphatic carbocycles. The van der Waals surface area contributed by atoms with Gasteiger partial charge in [-0.2, -0.15) is 0 Å². The highest BCUT2D eigenvalue weighted by molar-refractivity contribution is 7.81. The van der Waals surface area contributed by atoms with Crippen LogP contribution in [0.2, 0.25) is 0 Å². The van der Waals surface area contributed by atoms with E-state index in [0.29, 0.717) is 0 Å². The molecule has 0 unspecified atom stereocenters. The van der Waals surface area contributed by atoms with Crippen LogP contribution in [0.4, 0.5) is 5.69 Å². The third kappa shape index (κ3) is 1.38. The number of nitrogens with one attached hydrogen (secondary N) is 1. The molecule has 0 saturated carbocycles. The highest BCUT2D eigenvalue weighted by Gasteiger charge is 2.03. The second-order valence-electron chi connectivity index (χ2n) is 2.75. The zero-order valence-electron chi connectivity index (χ0n) is 6.58.